The number of carbonyl (C=O) groups excluding carboxylic acids is 6. The summed E-state index contributed by atoms with van der Waals surface area (Å²) in [6.07, 6.45) is 5.75. The summed E-state index contributed by atoms with van der Waals surface area (Å²) < 4.78 is 9.50. The monoisotopic (exact) mass is 885 g/mol. The average molecular weight is 886 g/mol. The molecule has 0 spiro atoms. The molecule has 2 aromatic carbocycles. The van der Waals surface area contributed by atoms with E-state index >= 15 is 0 Å². The standard InChI is InChI=1S/C43H61N9O5.CH3F.CH2O.K/c1-30(35-12-6-7-13-36(35)44)27-38-31(2)42(32(3)49-38)48-18-10-22-52-25-23-51(24-26-52)21-9-15-40(56)47-20-19-46-37-14-8-11-33(28-53)41(37)43(57)50(5)34(29-54)16-17-39(55)45-4;2*1-2;/h6-8,11-14,27-29,34H,9-10,15-26H2,1-5H3,(H7,44,45,46,47,48,49,53,55,56,57);1H3;1H2;/q;;;+1/p-1. The van der Waals surface area contributed by atoms with E-state index in [0.717, 1.165) is 98.1 Å². The summed E-state index contributed by atoms with van der Waals surface area (Å²) in [5.74, 6) is -0.803. The van der Waals surface area contributed by atoms with E-state index in [9.17, 15) is 28.4 Å². The number of halogens is 1. The molecule has 0 aliphatic carbocycles. The number of aryl methyl sites for hydroxylation is 1. The van der Waals surface area contributed by atoms with E-state index in [1.165, 1.54) is 25.1 Å². The van der Waals surface area contributed by atoms with Crippen LogP contribution in [0.5, 0.6) is 0 Å². The summed E-state index contributed by atoms with van der Waals surface area (Å²) in [7, 11) is 3.48. The summed E-state index contributed by atoms with van der Waals surface area (Å²) in [4.78, 5) is 79.0. The molecule has 1 aliphatic rings. The zero-order chi connectivity index (χ0) is 45.3. The molecular formula is C45H65FKN9O6. The van der Waals surface area contributed by atoms with E-state index in [-0.39, 0.29) is 87.2 Å². The minimum absolute atomic E-state index is 0. The number of likely N-dealkylation sites (N-methyl/N-ethyl adjacent to an activating group) is 1. The molecule has 1 saturated heterocycles. The van der Waals surface area contributed by atoms with Crippen molar-refractivity contribution in [1.82, 2.24) is 30.3 Å². The number of nitrogen functional groups attached to an aromatic ring is 1. The van der Waals surface area contributed by atoms with Crippen LogP contribution in [-0.4, -0.2) is 143 Å². The zero-order valence-corrected chi connectivity index (χ0v) is 40.8. The quantitative estimate of drug-likeness (QED) is 0.0431. The summed E-state index contributed by atoms with van der Waals surface area (Å²) >= 11 is 0. The van der Waals surface area contributed by atoms with Crippen molar-refractivity contribution in [2.75, 3.05) is 91.2 Å². The maximum absolute atomic E-state index is 13.4. The maximum Gasteiger partial charge on any atom is 1.00 e. The fourth-order valence-electron chi connectivity index (χ4n) is 7.11. The number of hydrogen-bond donors (Lipinski definition) is 5. The number of H-pyrrole nitrogens is 1. The summed E-state index contributed by atoms with van der Waals surface area (Å²) in [6, 6.07) is 11.9. The number of nitrogens with zero attached hydrogens (tertiary/aromatic N) is 4. The van der Waals surface area contributed by atoms with Crippen LogP contribution in [0, 0.1) is 13.8 Å². The van der Waals surface area contributed by atoms with Gasteiger partial charge < -0.3 is 56.3 Å². The summed E-state index contributed by atoms with van der Waals surface area (Å²) in [5.41, 5.74) is 14.2. The second-order valence-electron chi connectivity index (χ2n) is 14.6. The van der Waals surface area contributed by atoms with Crippen molar-refractivity contribution in [3.8, 4) is 0 Å². The first-order chi connectivity index (χ1) is 29.5. The Morgan fingerprint density at radius 1 is 0.952 bits per heavy atom. The number of aromatic nitrogens is 1. The van der Waals surface area contributed by atoms with Crippen LogP contribution in [0.15, 0.2) is 42.5 Å². The smallest absolute Gasteiger partial charge is 0.683 e. The van der Waals surface area contributed by atoms with Crippen LogP contribution < -0.4 is 73.1 Å². The van der Waals surface area contributed by atoms with Gasteiger partial charge in [0, 0.05) is 94.4 Å². The number of nitrogens with two attached hydrogens (primary N) is 1. The van der Waals surface area contributed by atoms with E-state index in [0.29, 0.717) is 44.9 Å². The van der Waals surface area contributed by atoms with Gasteiger partial charge in [0.05, 0.1) is 18.8 Å². The van der Waals surface area contributed by atoms with Crippen molar-refractivity contribution >= 4 is 65.8 Å². The number of anilines is 2. The van der Waals surface area contributed by atoms with Crippen molar-refractivity contribution in [3.63, 3.8) is 0 Å². The molecular weight excluding hydrogens is 821 g/mol. The van der Waals surface area contributed by atoms with Crippen LogP contribution in [0.4, 0.5) is 21.5 Å². The first-order valence-corrected chi connectivity index (χ1v) is 20.5. The topological polar surface area (TPSA) is 204 Å². The number of carbonyl (C=O) groups is 6. The third kappa shape index (κ3) is 17.5. The molecule has 1 aromatic heterocycles. The molecule has 15 nitrogen and oxygen atoms in total. The molecule has 1 fully saturated rings. The molecule has 0 bridgehead atoms. The molecule has 3 amide bonds. The zero-order valence-electron chi connectivity index (χ0n) is 37.7. The molecule has 17 heteroatoms. The Kier molecular flexibility index (Phi) is 27.7. The fraction of sp³-hybridized carbons (Fsp3) is 0.467. The largest absolute Gasteiger partial charge is 1.00 e. The molecule has 334 valence electrons. The molecule has 1 aliphatic heterocycles. The number of aldehydes is 2. The molecule has 3 aromatic rings. The molecule has 62 heavy (non-hydrogen) atoms. The second kappa shape index (κ2) is 30.8. The average Bonchev–Trinajstić information content (AvgIpc) is 3.55. The van der Waals surface area contributed by atoms with Crippen molar-refractivity contribution in [3.05, 3.63) is 81.4 Å². The van der Waals surface area contributed by atoms with E-state index in [1.54, 1.807) is 12.1 Å². The number of amides is 3. The molecule has 0 radical (unpaired) electrons. The third-order valence-corrected chi connectivity index (χ3v) is 10.5. The number of nitrogens with one attached hydrogen (secondary N) is 4. The number of hydrogen-bond acceptors (Lipinski definition) is 10. The predicted molar refractivity (Wildman–Crippen MR) is 242 cm³/mol. The Labute approximate surface area is 409 Å². The fourth-order valence-corrected chi connectivity index (χ4v) is 7.11. The van der Waals surface area contributed by atoms with Crippen LogP contribution in [-0.2, 0) is 19.2 Å². The predicted octanol–water partition coefficient (Wildman–Crippen LogP) is 2.18. The van der Waals surface area contributed by atoms with Gasteiger partial charge in [0.25, 0.3) is 5.91 Å². The molecule has 2 heterocycles. The van der Waals surface area contributed by atoms with Crippen LogP contribution in [0.25, 0.3) is 17.0 Å². The van der Waals surface area contributed by atoms with Gasteiger partial charge in [-0.3, -0.25) is 23.6 Å². The van der Waals surface area contributed by atoms with Crippen molar-refractivity contribution in [1.29, 1.82) is 0 Å². The molecule has 1 atom stereocenters. The van der Waals surface area contributed by atoms with E-state index in [4.69, 9.17) is 15.8 Å². The number of allylic oxidation sites excluding steroid dienone is 1. The third-order valence-electron chi connectivity index (χ3n) is 10.5. The Balaban J connectivity index is 0.00000373. The molecule has 6 N–H and O–H groups in total. The van der Waals surface area contributed by atoms with Gasteiger partial charge in [-0.05, 0) is 81.7 Å². The Morgan fingerprint density at radius 3 is 2.21 bits per heavy atom. The van der Waals surface area contributed by atoms with Gasteiger partial charge in [0.15, 0.2) is 6.29 Å². The Morgan fingerprint density at radius 2 is 1.60 bits per heavy atom. The van der Waals surface area contributed by atoms with E-state index < -0.39 is 11.9 Å². The van der Waals surface area contributed by atoms with Gasteiger partial charge in [-0.25, -0.2) is 0 Å². The minimum atomic E-state index is -0.837. The number of alkyl halides is 1. The van der Waals surface area contributed by atoms with Gasteiger partial charge in [-0.15, -0.1) is 12.2 Å². The van der Waals surface area contributed by atoms with Crippen LogP contribution in [0.1, 0.15) is 82.3 Å². The van der Waals surface area contributed by atoms with Crippen LogP contribution in [0.3, 0.4) is 0 Å². The SMILES string of the molecule is C=O.CF.CNC(=O)CCC(C=O)N(C)C(=O)c1c(C=O)cccc1NCCNC(=O)CCCN1CCN(CCC[N-]c2c(C)[nH]c(/C=C(\C)c3ccccc3N)c2C)CC1.[K+]. The van der Waals surface area contributed by atoms with Crippen LogP contribution >= 0.6 is 0 Å². The second-order valence-corrected chi connectivity index (χ2v) is 14.6. The van der Waals surface area contributed by atoms with Gasteiger partial charge in [-0.2, -0.15) is 0 Å². The number of rotatable bonds is 22. The van der Waals surface area contributed by atoms with Crippen molar-refractivity contribution in [2.24, 2.45) is 0 Å². The van der Waals surface area contributed by atoms with Crippen LogP contribution in [0.2, 0.25) is 0 Å². The molecule has 1 unspecified atom stereocenters. The number of benzene rings is 2. The molecule has 4 rings (SSSR count). The van der Waals surface area contributed by atoms with Gasteiger partial charge in [0.1, 0.15) is 13.1 Å². The van der Waals surface area contributed by atoms with Crippen molar-refractivity contribution < 1.29 is 84.5 Å². The van der Waals surface area contributed by atoms with Crippen molar-refractivity contribution in [2.45, 2.75) is 58.9 Å². The van der Waals surface area contributed by atoms with Gasteiger partial charge >= 0.3 is 51.4 Å². The van der Waals surface area contributed by atoms with E-state index in [2.05, 4.69) is 57.6 Å². The van der Waals surface area contributed by atoms with Gasteiger partial charge in [-0.1, -0.05) is 36.8 Å². The van der Waals surface area contributed by atoms with E-state index in [1.807, 2.05) is 31.1 Å². The first-order valence-electron chi connectivity index (χ1n) is 20.5. The number of piperazine rings is 1. The van der Waals surface area contributed by atoms with Gasteiger partial charge in [0.2, 0.25) is 11.8 Å². The normalized spacial score (nSPS) is 13.1. The summed E-state index contributed by atoms with van der Waals surface area (Å²) in [5, 5.41) is 13.5. The number of para-hydroxylation sites is 1. The molecule has 0 saturated carbocycles. The number of aromatic amines is 1. The Bertz CT molecular complexity index is 1900. The summed E-state index contributed by atoms with van der Waals surface area (Å²) in [6.45, 7) is 15.5. The minimum Gasteiger partial charge on any atom is -0.683 e. The Hall–Kier alpha value is -4.23. The first kappa shape index (κ1) is 55.8. The maximum atomic E-state index is 13.4.